The van der Waals surface area contributed by atoms with Gasteiger partial charge in [0.05, 0.1) is 12.6 Å². The number of hydrogen-bond acceptors (Lipinski definition) is 7. The topological polar surface area (TPSA) is 86.0 Å². The summed E-state index contributed by atoms with van der Waals surface area (Å²) in [6.45, 7) is 2.62. The Balaban J connectivity index is 1.48. The molecule has 0 aliphatic rings. The van der Waals surface area contributed by atoms with Gasteiger partial charge >= 0.3 is 0 Å². The lowest BCUT2D eigenvalue weighted by Crippen LogP contribution is -2.04. The van der Waals surface area contributed by atoms with Crippen LogP contribution >= 0.6 is 0 Å². The number of fused-ring (bicyclic) bond motifs is 1. The second kappa shape index (κ2) is 8.47. The van der Waals surface area contributed by atoms with Crippen LogP contribution in [0.1, 0.15) is 11.1 Å². The molecule has 0 fully saturated rings. The van der Waals surface area contributed by atoms with Gasteiger partial charge in [0, 0.05) is 17.5 Å². The van der Waals surface area contributed by atoms with Gasteiger partial charge < -0.3 is 14.5 Å². The third kappa shape index (κ3) is 4.00. The maximum absolute atomic E-state index is 5.91. The molecule has 0 unspecified atom stereocenters. The fourth-order valence-corrected chi connectivity index (χ4v) is 3.44. The summed E-state index contributed by atoms with van der Waals surface area (Å²) in [5, 5.41) is 12.7. The van der Waals surface area contributed by atoms with Crippen LogP contribution in [0.5, 0.6) is 5.75 Å². The highest BCUT2D eigenvalue weighted by Gasteiger charge is 2.16. The van der Waals surface area contributed by atoms with Crippen LogP contribution in [-0.2, 0) is 6.54 Å². The number of benzene rings is 3. The number of aromatic nitrogens is 4. The Morgan fingerprint density at radius 1 is 0.875 bits per heavy atom. The lowest BCUT2D eigenvalue weighted by Gasteiger charge is -2.10. The first-order chi connectivity index (χ1) is 15.7. The molecule has 0 radical (unpaired) electrons. The van der Waals surface area contributed by atoms with Crippen LogP contribution in [0.3, 0.4) is 0 Å². The maximum atomic E-state index is 5.91. The highest BCUT2D eigenvalue weighted by molar-refractivity contribution is 5.90. The summed E-state index contributed by atoms with van der Waals surface area (Å²) in [4.78, 5) is 9.35. The monoisotopic (exact) mass is 423 g/mol. The first-order valence-electron chi connectivity index (χ1n) is 10.2. The Bertz CT molecular complexity index is 1380. The predicted octanol–water partition coefficient (Wildman–Crippen LogP) is 5.28. The van der Waals surface area contributed by atoms with Crippen LogP contribution in [-0.4, -0.2) is 27.3 Å². The van der Waals surface area contributed by atoms with E-state index in [0.717, 1.165) is 33.3 Å². The van der Waals surface area contributed by atoms with E-state index < -0.39 is 0 Å². The van der Waals surface area contributed by atoms with Crippen LogP contribution in [0, 0.1) is 6.92 Å². The van der Waals surface area contributed by atoms with Crippen LogP contribution < -0.4 is 10.1 Å². The zero-order valence-electron chi connectivity index (χ0n) is 17.7. The molecule has 5 rings (SSSR count). The summed E-state index contributed by atoms with van der Waals surface area (Å²) < 4.78 is 11.1. The van der Waals surface area contributed by atoms with Gasteiger partial charge in [-0.2, -0.15) is 0 Å². The smallest absolute Gasteiger partial charge is 0.286 e. The van der Waals surface area contributed by atoms with Crippen molar-refractivity contribution >= 4 is 16.7 Å². The van der Waals surface area contributed by atoms with Gasteiger partial charge in [0.25, 0.3) is 5.89 Å². The number of ether oxygens (including phenoxy) is 1. The largest absolute Gasteiger partial charge is 0.497 e. The zero-order chi connectivity index (χ0) is 21.9. The molecule has 0 bridgehead atoms. The molecule has 0 saturated carbocycles. The van der Waals surface area contributed by atoms with E-state index in [-0.39, 0.29) is 5.89 Å². The first-order valence-corrected chi connectivity index (χ1v) is 10.2. The predicted molar refractivity (Wildman–Crippen MR) is 123 cm³/mol. The normalized spacial score (nSPS) is 10.9. The van der Waals surface area contributed by atoms with E-state index in [9.17, 15) is 0 Å². The number of nitrogens with one attached hydrogen (secondary N) is 1. The number of aryl methyl sites for hydroxylation is 1. The molecule has 0 atom stereocenters. The molecular weight excluding hydrogens is 402 g/mol. The standard InChI is InChI=1S/C25H21N5O2/c1-16-6-5-7-18(14-16)24-29-30-25(32-24)23-27-21-9-4-3-8-20(21)22(28-23)26-15-17-10-12-19(31-2)13-11-17/h3-14H,15H2,1-2H3,(H,26,27,28). The molecule has 0 spiro atoms. The number of rotatable bonds is 6. The van der Waals surface area contributed by atoms with E-state index in [2.05, 4.69) is 20.5 Å². The second-order valence-corrected chi connectivity index (χ2v) is 7.40. The van der Waals surface area contributed by atoms with Crippen molar-refractivity contribution in [2.45, 2.75) is 13.5 Å². The Labute approximate surface area is 185 Å². The molecule has 5 aromatic rings. The number of methoxy groups -OCH3 is 1. The number of anilines is 1. The molecule has 3 aromatic carbocycles. The SMILES string of the molecule is COc1ccc(CNc2nc(-c3nnc(-c4cccc(C)c4)o3)nc3ccccc23)cc1. The minimum atomic E-state index is 0.278. The summed E-state index contributed by atoms with van der Waals surface area (Å²) in [7, 11) is 1.66. The molecule has 32 heavy (non-hydrogen) atoms. The lowest BCUT2D eigenvalue weighted by molar-refractivity contribution is 0.414. The average molecular weight is 423 g/mol. The fraction of sp³-hybridized carbons (Fsp3) is 0.120. The quantitative estimate of drug-likeness (QED) is 0.398. The van der Waals surface area contributed by atoms with Crippen molar-refractivity contribution < 1.29 is 9.15 Å². The molecule has 0 amide bonds. The zero-order valence-corrected chi connectivity index (χ0v) is 17.7. The molecule has 1 N–H and O–H groups in total. The van der Waals surface area contributed by atoms with Crippen molar-refractivity contribution in [2.75, 3.05) is 12.4 Å². The highest BCUT2D eigenvalue weighted by atomic mass is 16.5. The van der Waals surface area contributed by atoms with Gasteiger partial charge in [-0.3, -0.25) is 0 Å². The summed E-state index contributed by atoms with van der Waals surface area (Å²) in [5.74, 6) is 2.63. The molecule has 7 nitrogen and oxygen atoms in total. The van der Waals surface area contributed by atoms with Crippen molar-refractivity contribution in [1.29, 1.82) is 0 Å². The minimum Gasteiger partial charge on any atom is -0.497 e. The summed E-state index contributed by atoms with van der Waals surface area (Å²) in [6.07, 6.45) is 0. The van der Waals surface area contributed by atoms with E-state index in [4.69, 9.17) is 14.1 Å². The van der Waals surface area contributed by atoms with E-state index in [1.54, 1.807) is 7.11 Å². The van der Waals surface area contributed by atoms with Crippen LogP contribution in [0.4, 0.5) is 5.82 Å². The lowest BCUT2D eigenvalue weighted by atomic mass is 10.1. The van der Waals surface area contributed by atoms with Gasteiger partial charge in [-0.1, -0.05) is 42.0 Å². The summed E-state index contributed by atoms with van der Waals surface area (Å²) in [6, 6.07) is 23.7. The Hall–Kier alpha value is -4.26. The minimum absolute atomic E-state index is 0.278. The molecule has 7 heteroatoms. The van der Waals surface area contributed by atoms with Gasteiger partial charge in [-0.15, -0.1) is 10.2 Å². The molecule has 0 aliphatic carbocycles. The second-order valence-electron chi connectivity index (χ2n) is 7.40. The molecular formula is C25H21N5O2. The first kappa shape index (κ1) is 19.7. The van der Waals surface area contributed by atoms with E-state index in [0.29, 0.717) is 24.1 Å². The van der Waals surface area contributed by atoms with Crippen molar-refractivity contribution in [3.63, 3.8) is 0 Å². The van der Waals surface area contributed by atoms with Gasteiger partial charge in [0.2, 0.25) is 11.7 Å². The third-order valence-corrected chi connectivity index (χ3v) is 5.10. The summed E-state index contributed by atoms with van der Waals surface area (Å²) in [5.41, 5.74) is 3.89. The molecule has 0 aliphatic heterocycles. The summed E-state index contributed by atoms with van der Waals surface area (Å²) >= 11 is 0. The number of hydrogen-bond donors (Lipinski definition) is 1. The number of nitrogens with zero attached hydrogens (tertiary/aromatic N) is 4. The van der Waals surface area contributed by atoms with E-state index in [1.807, 2.05) is 79.7 Å². The van der Waals surface area contributed by atoms with Gasteiger partial charge in [0.1, 0.15) is 11.6 Å². The van der Waals surface area contributed by atoms with Crippen LogP contribution in [0.2, 0.25) is 0 Å². The Morgan fingerprint density at radius 2 is 1.69 bits per heavy atom. The highest BCUT2D eigenvalue weighted by Crippen LogP contribution is 2.27. The Morgan fingerprint density at radius 3 is 2.50 bits per heavy atom. The molecule has 2 heterocycles. The molecule has 2 aromatic heterocycles. The van der Waals surface area contributed by atoms with Gasteiger partial charge in [-0.25, -0.2) is 9.97 Å². The van der Waals surface area contributed by atoms with Crippen LogP contribution in [0.25, 0.3) is 34.1 Å². The van der Waals surface area contributed by atoms with Gasteiger partial charge in [0.15, 0.2) is 0 Å². The average Bonchev–Trinajstić information content (AvgIpc) is 3.33. The van der Waals surface area contributed by atoms with Crippen molar-refractivity contribution in [3.8, 4) is 28.9 Å². The van der Waals surface area contributed by atoms with Crippen LogP contribution in [0.15, 0.2) is 77.2 Å². The van der Waals surface area contributed by atoms with Gasteiger partial charge in [-0.05, 0) is 48.9 Å². The third-order valence-electron chi connectivity index (χ3n) is 5.10. The maximum Gasteiger partial charge on any atom is 0.286 e. The van der Waals surface area contributed by atoms with Crippen molar-refractivity contribution in [1.82, 2.24) is 20.2 Å². The van der Waals surface area contributed by atoms with Crippen molar-refractivity contribution in [3.05, 3.63) is 83.9 Å². The fourth-order valence-electron chi connectivity index (χ4n) is 3.44. The van der Waals surface area contributed by atoms with E-state index in [1.165, 1.54) is 0 Å². The molecule has 0 saturated heterocycles. The number of para-hydroxylation sites is 1. The van der Waals surface area contributed by atoms with Crippen molar-refractivity contribution in [2.24, 2.45) is 0 Å². The Kier molecular flexibility index (Phi) is 5.21. The molecule has 158 valence electrons. The van der Waals surface area contributed by atoms with E-state index >= 15 is 0 Å².